The van der Waals surface area contributed by atoms with Gasteiger partial charge >= 0.3 is 0 Å². The van der Waals surface area contributed by atoms with Gasteiger partial charge < -0.3 is 26.2 Å². The summed E-state index contributed by atoms with van der Waals surface area (Å²) in [6.45, 7) is 13.1. The van der Waals surface area contributed by atoms with Crippen LogP contribution < -0.4 is 21.3 Å². The quantitative estimate of drug-likeness (QED) is 0.122. The van der Waals surface area contributed by atoms with Gasteiger partial charge in [-0.15, -0.1) is 18.9 Å². The Labute approximate surface area is 301 Å². The molecule has 5 atom stereocenters. The second-order valence-corrected chi connectivity index (χ2v) is 14.6. The van der Waals surface area contributed by atoms with Gasteiger partial charge in [0.25, 0.3) is 11.8 Å². The molecule has 2 aliphatic rings. The van der Waals surface area contributed by atoms with E-state index in [0.717, 1.165) is 37.7 Å². The Bertz CT molecular complexity index is 1500. The molecule has 13 heteroatoms. The van der Waals surface area contributed by atoms with Crippen LogP contribution in [0.5, 0.6) is 0 Å². The predicted molar refractivity (Wildman–Crippen MR) is 192 cm³/mol. The van der Waals surface area contributed by atoms with E-state index in [9.17, 15) is 28.8 Å². The molecule has 0 spiro atoms. The van der Waals surface area contributed by atoms with Crippen molar-refractivity contribution in [1.82, 2.24) is 36.1 Å². The lowest BCUT2D eigenvalue weighted by atomic mass is 9.82. The third-order valence-electron chi connectivity index (χ3n) is 9.27. The van der Waals surface area contributed by atoms with Gasteiger partial charge in [-0.25, -0.2) is 4.98 Å². The summed E-state index contributed by atoms with van der Waals surface area (Å²) in [6.07, 6.45) is 17.9. The Morgan fingerprint density at radius 2 is 1.75 bits per heavy atom. The molecule has 276 valence electrons. The molecular formula is C38H53N7O6. The summed E-state index contributed by atoms with van der Waals surface area (Å²) in [4.78, 5) is 91.1. The molecule has 1 aromatic rings. The third-order valence-corrected chi connectivity index (χ3v) is 9.27. The number of amides is 5. The Kier molecular flexibility index (Phi) is 15.1. The van der Waals surface area contributed by atoms with Gasteiger partial charge in [-0.3, -0.25) is 33.8 Å². The van der Waals surface area contributed by atoms with Gasteiger partial charge in [-0.2, -0.15) is 0 Å². The summed E-state index contributed by atoms with van der Waals surface area (Å²) in [6, 6.07) is -4.25. The monoisotopic (exact) mass is 703 g/mol. The predicted octanol–water partition coefficient (Wildman–Crippen LogP) is 2.64. The minimum Gasteiger partial charge on any atom is -0.346 e. The largest absolute Gasteiger partial charge is 0.346 e. The third kappa shape index (κ3) is 11.3. The standard InChI is InChI=1S/C38H53N7O6/c1-8-10-16-27(31(46)36(50)41-18-9-2)42-35(49)30-26(22-24(3)4)17-21-45(30)37(51)32(38(5,6)7)44-34(48)29(25-14-12-11-13-15-25)43-33(47)28-23-39-19-20-40-28/h1,9,19-20,22-23,25-27,29-30,32H,2,10-18,21H2,3-7H3,(H,41,50)(H,42,49)(H,43,47)(H,44,48)/t26-,27?,29+,30+,32-/m1/s1. The lowest BCUT2D eigenvalue weighted by molar-refractivity contribution is -0.145. The van der Waals surface area contributed by atoms with Crippen molar-refractivity contribution in [2.24, 2.45) is 17.3 Å². The van der Waals surface area contributed by atoms with Crippen LogP contribution in [0.1, 0.15) is 96.5 Å². The first kappa shape index (κ1) is 40.6. The molecule has 1 saturated carbocycles. The molecule has 2 heterocycles. The molecular weight excluding hydrogens is 650 g/mol. The fourth-order valence-corrected chi connectivity index (χ4v) is 6.71. The molecule has 1 aliphatic carbocycles. The van der Waals surface area contributed by atoms with Crippen LogP contribution in [-0.4, -0.2) is 87.4 Å². The zero-order chi connectivity index (χ0) is 37.7. The molecule has 1 aliphatic heterocycles. The van der Waals surface area contributed by atoms with E-state index in [1.165, 1.54) is 29.6 Å². The maximum atomic E-state index is 14.6. The van der Waals surface area contributed by atoms with Crippen LogP contribution >= 0.6 is 0 Å². The molecule has 1 unspecified atom stereocenters. The average Bonchev–Trinajstić information content (AvgIpc) is 3.52. The van der Waals surface area contributed by atoms with Crippen molar-refractivity contribution in [3.8, 4) is 12.3 Å². The molecule has 51 heavy (non-hydrogen) atoms. The van der Waals surface area contributed by atoms with Gasteiger partial charge in [-0.05, 0) is 50.9 Å². The first-order valence-corrected chi connectivity index (χ1v) is 17.7. The van der Waals surface area contributed by atoms with Gasteiger partial charge in [0, 0.05) is 37.8 Å². The molecule has 5 amide bonds. The first-order chi connectivity index (χ1) is 24.2. The van der Waals surface area contributed by atoms with Crippen LogP contribution in [0.25, 0.3) is 0 Å². The molecule has 4 N–H and O–H groups in total. The number of carbonyl (C=O) groups is 6. The minimum atomic E-state index is -1.21. The van der Waals surface area contributed by atoms with Gasteiger partial charge in [0.2, 0.25) is 23.5 Å². The highest BCUT2D eigenvalue weighted by atomic mass is 16.2. The Morgan fingerprint density at radius 1 is 1.04 bits per heavy atom. The van der Waals surface area contributed by atoms with E-state index in [0.29, 0.717) is 6.42 Å². The van der Waals surface area contributed by atoms with E-state index in [2.05, 4.69) is 43.7 Å². The number of hydrogen-bond donors (Lipinski definition) is 4. The van der Waals surface area contributed by atoms with Crippen molar-refractivity contribution in [3.05, 3.63) is 48.6 Å². The second-order valence-electron chi connectivity index (χ2n) is 14.6. The number of Topliss-reactive ketones (excluding diaryl/α,β-unsaturated/α-hetero) is 1. The highest BCUT2D eigenvalue weighted by molar-refractivity contribution is 6.38. The number of hydrogen-bond acceptors (Lipinski definition) is 8. The van der Waals surface area contributed by atoms with Gasteiger partial charge in [0.05, 0.1) is 12.2 Å². The first-order valence-electron chi connectivity index (χ1n) is 17.7. The van der Waals surface area contributed by atoms with Crippen molar-refractivity contribution in [1.29, 1.82) is 0 Å². The Morgan fingerprint density at radius 3 is 2.33 bits per heavy atom. The topological polar surface area (TPSA) is 180 Å². The Hall–Kier alpha value is -4.86. The number of ketones is 1. The molecule has 0 aromatic carbocycles. The normalized spacial score (nSPS) is 19.3. The fraction of sp³-hybridized carbons (Fsp3) is 0.579. The zero-order valence-corrected chi connectivity index (χ0v) is 30.5. The number of rotatable bonds is 15. The van der Waals surface area contributed by atoms with Crippen molar-refractivity contribution in [2.75, 3.05) is 13.1 Å². The fourth-order valence-electron chi connectivity index (χ4n) is 6.71. The molecule has 2 fully saturated rings. The molecule has 3 rings (SSSR count). The number of allylic oxidation sites excluding steroid dienone is 1. The number of nitrogens with zero attached hydrogens (tertiary/aromatic N) is 3. The minimum absolute atomic E-state index is 0.0279. The van der Waals surface area contributed by atoms with Crippen molar-refractivity contribution < 1.29 is 28.8 Å². The number of nitrogens with one attached hydrogen (secondary N) is 4. The molecule has 0 bridgehead atoms. The highest BCUT2D eigenvalue weighted by Crippen LogP contribution is 2.32. The van der Waals surface area contributed by atoms with E-state index in [-0.39, 0.29) is 37.5 Å². The maximum absolute atomic E-state index is 14.6. The SMILES string of the molecule is C#CCCC(NC(=O)[C@@H]1[C@@H](C=C(C)C)CCN1C(=O)[C@@H](NC(=O)[C@@H](NC(=O)c1cnccn1)C1CCCCC1)C(C)(C)C)C(=O)C(=O)NCC=C. The van der Waals surface area contributed by atoms with Crippen LogP contribution in [-0.2, 0) is 24.0 Å². The van der Waals surface area contributed by atoms with Gasteiger partial charge in [0.1, 0.15) is 23.8 Å². The average molecular weight is 704 g/mol. The second kappa shape index (κ2) is 18.9. The molecule has 1 saturated heterocycles. The molecule has 0 radical (unpaired) electrons. The Balaban J connectivity index is 1.92. The summed E-state index contributed by atoms with van der Waals surface area (Å²) in [5.41, 5.74) is 0.205. The van der Waals surface area contributed by atoms with Crippen LogP contribution in [0.4, 0.5) is 0 Å². The zero-order valence-electron chi connectivity index (χ0n) is 30.5. The van der Waals surface area contributed by atoms with Crippen LogP contribution in [0.3, 0.4) is 0 Å². The van der Waals surface area contributed by atoms with Crippen LogP contribution in [0.2, 0.25) is 0 Å². The summed E-state index contributed by atoms with van der Waals surface area (Å²) < 4.78 is 0. The number of terminal acetylenes is 1. The lowest BCUT2D eigenvalue weighted by Gasteiger charge is -2.38. The summed E-state index contributed by atoms with van der Waals surface area (Å²) in [7, 11) is 0. The summed E-state index contributed by atoms with van der Waals surface area (Å²) >= 11 is 0. The molecule has 13 nitrogen and oxygen atoms in total. The summed E-state index contributed by atoms with van der Waals surface area (Å²) in [5.74, 6) is -1.96. The van der Waals surface area contributed by atoms with Gasteiger partial charge in [0.15, 0.2) is 0 Å². The highest BCUT2D eigenvalue weighted by Gasteiger charge is 2.47. The molecule has 1 aromatic heterocycles. The van der Waals surface area contributed by atoms with E-state index in [1.54, 1.807) is 0 Å². The maximum Gasteiger partial charge on any atom is 0.289 e. The van der Waals surface area contributed by atoms with Gasteiger partial charge in [-0.1, -0.05) is 57.8 Å². The van der Waals surface area contributed by atoms with E-state index in [4.69, 9.17) is 6.42 Å². The van der Waals surface area contributed by atoms with E-state index in [1.807, 2.05) is 40.7 Å². The number of likely N-dealkylation sites (tertiary alicyclic amines) is 1. The van der Waals surface area contributed by atoms with Crippen LogP contribution in [0, 0.1) is 29.6 Å². The number of carbonyl (C=O) groups excluding carboxylic acids is 6. The number of aromatic nitrogens is 2. The van der Waals surface area contributed by atoms with E-state index >= 15 is 0 Å². The lowest BCUT2D eigenvalue weighted by Crippen LogP contribution is -2.62. The smallest absolute Gasteiger partial charge is 0.289 e. The van der Waals surface area contributed by atoms with Crippen molar-refractivity contribution in [3.63, 3.8) is 0 Å². The van der Waals surface area contributed by atoms with Crippen molar-refractivity contribution >= 4 is 35.3 Å². The van der Waals surface area contributed by atoms with E-state index < -0.39 is 70.8 Å². The van der Waals surface area contributed by atoms with Crippen LogP contribution in [0.15, 0.2) is 42.9 Å². The summed E-state index contributed by atoms with van der Waals surface area (Å²) in [5, 5.41) is 11.0. The van der Waals surface area contributed by atoms with Crippen molar-refractivity contribution in [2.45, 2.75) is 110 Å².